The lowest BCUT2D eigenvalue weighted by Crippen LogP contribution is -2.18. The molecule has 2 aromatic heterocycles. The Labute approximate surface area is 189 Å². The number of rotatable bonds is 9. The van der Waals surface area contributed by atoms with E-state index in [9.17, 15) is 5.11 Å². The van der Waals surface area contributed by atoms with Crippen molar-refractivity contribution in [2.75, 3.05) is 17.7 Å². The minimum absolute atomic E-state index is 0.484. The molecule has 0 saturated heterocycles. The van der Waals surface area contributed by atoms with E-state index < -0.39 is 6.10 Å². The average Bonchev–Trinajstić information content (AvgIpc) is 3.36. The van der Waals surface area contributed by atoms with E-state index in [1.807, 2.05) is 35.8 Å². The van der Waals surface area contributed by atoms with Crippen molar-refractivity contribution in [1.82, 2.24) is 19.7 Å². The van der Waals surface area contributed by atoms with Gasteiger partial charge in [0.2, 0.25) is 5.13 Å². The van der Waals surface area contributed by atoms with E-state index in [2.05, 4.69) is 46.5 Å². The van der Waals surface area contributed by atoms with Gasteiger partial charge in [-0.1, -0.05) is 35.2 Å². The van der Waals surface area contributed by atoms with Gasteiger partial charge in [-0.2, -0.15) is 0 Å². The van der Waals surface area contributed by atoms with E-state index >= 15 is 0 Å². The van der Waals surface area contributed by atoms with Gasteiger partial charge in [-0.3, -0.25) is 0 Å². The summed E-state index contributed by atoms with van der Waals surface area (Å²) in [6.07, 6.45) is 1.27. The van der Waals surface area contributed by atoms with Crippen LogP contribution in [0, 0.1) is 13.8 Å². The molecule has 0 bridgehead atoms. The maximum absolute atomic E-state index is 10.6. The number of hydrogen-bond donors (Lipinski definition) is 2. The minimum atomic E-state index is -0.525. The smallest absolute Gasteiger partial charge is 0.210 e. The van der Waals surface area contributed by atoms with Gasteiger partial charge in [-0.15, -0.1) is 10.2 Å². The first-order valence-corrected chi connectivity index (χ1v) is 11.9. The van der Waals surface area contributed by atoms with Crippen LogP contribution in [0.2, 0.25) is 0 Å². The molecule has 1 atom stereocenters. The molecule has 2 N–H and O–H groups in total. The summed E-state index contributed by atoms with van der Waals surface area (Å²) in [5.74, 6) is 1.30. The number of aliphatic hydroxyl groups is 1. The highest BCUT2D eigenvalue weighted by Gasteiger charge is 2.13. The van der Waals surface area contributed by atoms with Crippen molar-refractivity contribution in [3.63, 3.8) is 0 Å². The zero-order chi connectivity index (χ0) is 21.8. The van der Waals surface area contributed by atoms with Gasteiger partial charge in [0.15, 0.2) is 4.34 Å². The third kappa shape index (κ3) is 5.17. The van der Waals surface area contributed by atoms with Gasteiger partial charge < -0.3 is 19.7 Å². The summed E-state index contributed by atoms with van der Waals surface area (Å²) in [5, 5.41) is 22.9. The van der Waals surface area contributed by atoms with Gasteiger partial charge in [0, 0.05) is 5.75 Å². The molecule has 0 aliphatic heterocycles. The van der Waals surface area contributed by atoms with Crippen LogP contribution in [0.5, 0.6) is 5.75 Å². The predicted octanol–water partition coefficient (Wildman–Crippen LogP) is 4.80. The fraction of sp³-hybridized carbons (Fsp3) is 0.318. The first-order chi connectivity index (χ1) is 15.0. The molecular formula is C22H25N5O2S2. The molecular weight excluding hydrogens is 430 g/mol. The highest BCUT2D eigenvalue weighted by Crippen LogP contribution is 2.32. The van der Waals surface area contributed by atoms with Crippen LogP contribution in [-0.2, 0) is 6.54 Å². The van der Waals surface area contributed by atoms with E-state index in [0.717, 1.165) is 26.8 Å². The molecule has 0 amide bonds. The Hall–Kier alpha value is -2.62. The lowest BCUT2D eigenvalue weighted by molar-refractivity contribution is 0.179. The summed E-state index contributed by atoms with van der Waals surface area (Å²) < 4.78 is 8.45. The average molecular weight is 456 g/mol. The number of hydrogen-bond acceptors (Lipinski definition) is 8. The molecule has 7 nitrogen and oxygen atoms in total. The number of aryl methyl sites for hydroxylation is 2. The summed E-state index contributed by atoms with van der Waals surface area (Å²) in [4.78, 5) is 4.46. The van der Waals surface area contributed by atoms with Gasteiger partial charge >= 0.3 is 0 Å². The van der Waals surface area contributed by atoms with Gasteiger partial charge in [0.05, 0.1) is 42.3 Å². The number of fused-ring (bicyclic) bond motifs is 1. The van der Waals surface area contributed by atoms with Crippen LogP contribution in [0.4, 0.5) is 10.8 Å². The number of nitrogens with zero attached hydrogens (tertiary/aromatic N) is 4. The summed E-state index contributed by atoms with van der Waals surface area (Å²) in [5.41, 5.74) is 5.29. The molecule has 162 valence electrons. The van der Waals surface area contributed by atoms with Crippen LogP contribution in [0.1, 0.15) is 18.1 Å². The Bertz CT molecular complexity index is 1170. The number of ether oxygens (including phenoxy) is 1. The van der Waals surface area contributed by atoms with Crippen LogP contribution in [0.25, 0.3) is 11.0 Å². The largest absolute Gasteiger partial charge is 0.492 e. The molecule has 2 aromatic carbocycles. The number of aliphatic hydroxyl groups excluding tert-OH is 1. The topological polar surface area (TPSA) is 85.1 Å². The third-order valence-corrected chi connectivity index (χ3v) is 7.00. The zero-order valence-corrected chi connectivity index (χ0v) is 19.3. The van der Waals surface area contributed by atoms with E-state index in [-0.39, 0.29) is 0 Å². The van der Waals surface area contributed by atoms with Crippen molar-refractivity contribution < 1.29 is 9.84 Å². The first kappa shape index (κ1) is 21.6. The molecule has 31 heavy (non-hydrogen) atoms. The maximum atomic E-state index is 10.6. The highest BCUT2D eigenvalue weighted by atomic mass is 32.2. The maximum Gasteiger partial charge on any atom is 0.210 e. The second kappa shape index (κ2) is 9.67. The van der Waals surface area contributed by atoms with Gasteiger partial charge in [-0.25, -0.2) is 4.98 Å². The summed E-state index contributed by atoms with van der Waals surface area (Å²) in [6.45, 7) is 7.21. The molecule has 0 saturated carbocycles. The number of thioether (sulfide) groups is 1. The number of nitrogens with one attached hydrogen (secondary N) is 1. The molecule has 4 rings (SSSR count). The Morgan fingerprint density at radius 1 is 1.19 bits per heavy atom. The second-order valence-electron chi connectivity index (χ2n) is 7.21. The van der Waals surface area contributed by atoms with Gasteiger partial charge in [-0.05, 0) is 56.2 Å². The monoisotopic (exact) mass is 455 g/mol. The fourth-order valence-corrected chi connectivity index (χ4v) is 4.90. The van der Waals surface area contributed by atoms with Crippen LogP contribution in [0.15, 0.2) is 47.1 Å². The van der Waals surface area contributed by atoms with Gasteiger partial charge in [0.25, 0.3) is 0 Å². The second-order valence-corrected chi connectivity index (χ2v) is 9.46. The molecule has 0 fully saturated rings. The van der Waals surface area contributed by atoms with Crippen LogP contribution >= 0.6 is 23.1 Å². The molecule has 0 aliphatic carbocycles. The highest BCUT2D eigenvalue weighted by molar-refractivity contribution is 8.01. The Morgan fingerprint density at radius 3 is 2.84 bits per heavy atom. The van der Waals surface area contributed by atoms with E-state index in [4.69, 9.17) is 4.74 Å². The van der Waals surface area contributed by atoms with Crippen LogP contribution in [0.3, 0.4) is 0 Å². The molecule has 1 unspecified atom stereocenters. The lowest BCUT2D eigenvalue weighted by atomic mass is 10.1. The Kier molecular flexibility index (Phi) is 6.74. The normalized spacial score (nSPS) is 12.3. The van der Waals surface area contributed by atoms with Crippen molar-refractivity contribution in [2.45, 2.75) is 37.8 Å². The molecule has 0 radical (unpaired) electrons. The predicted molar refractivity (Wildman–Crippen MR) is 127 cm³/mol. The molecule has 0 spiro atoms. The van der Waals surface area contributed by atoms with Gasteiger partial charge in [0.1, 0.15) is 5.75 Å². The molecule has 0 aliphatic rings. The fourth-order valence-electron chi connectivity index (χ4n) is 3.19. The Morgan fingerprint density at radius 2 is 2.00 bits per heavy atom. The zero-order valence-electron chi connectivity index (χ0n) is 17.7. The molecule has 4 aromatic rings. The number of aromatic nitrogens is 4. The first-order valence-electron chi connectivity index (χ1n) is 10.1. The van der Waals surface area contributed by atoms with Crippen LogP contribution < -0.4 is 10.1 Å². The van der Waals surface area contributed by atoms with Crippen molar-refractivity contribution in [3.05, 3.63) is 53.9 Å². The van der Waals surface area contributed by atoms with Crippen molar-refractivity contribution >= 4 is 45.0 Å². The van der Waals surface area contributed by atoms with Crippen molar-refractivity contribution in [1.29, 1.82) is 0 Å². The standard InChI is InChI=1S/C22H25N5O2S2/c1-4-29-20-8-6-5-7-17(20)24-21-25-26-22(31-21)30-12-16(28)11-27-13-23-18-9-14(2)15(3)10-19(18)27/h5-10,13,16,28H,4,11-12H2,1-3H3,(H,24,25). The molecule has 2 heterocycles. The molecule has 9 heteroatoms. The third-order valence-electron chi connectivity index (χ3n) is 4.88. The van der Waals surface area contributed by atoms with Crippen molar-refractivity contribution in [2.24, 2.45) is 0 Å². The summed E-state index contributed by atoms with van der Waals surface area (Å²) >= 11 is 2.95. The minimum Gasteiger partial charge on any atom is -0.492 e. The number of para-hydroxylation sites is 2. The SMILES string of the molecule is CCOc1ccccc1Nc1nnc(SCC(O)Cn2cnc3cc(C)c(C)cc32)s1. The van der Waals surface area contributed by atoms with E-state index in [1.54, 1.807) is 6.33 Å². The Balaban J connectivity index is 1.35. The van der Waals surface area contributed by atoms with Crippen LogP contribution in [-0.4, -0.2) is 43.3 Å². The lowest BCUT2D eigenvalue weighted by Gasteiger charge is -2.11. The number of anilines is 2. The number of imidazole rings is 1. The van der Waals surface area contributed by atoms with Crippen molar-refractivity contribution in [3.8, 4) is 5.75 Å². The summed E-state index contributed by atoms with van der Waals surface area (Å²) in [7, 11) is 0. The summed E-state index contributed by atoms with van der Waals surface area (Å²) in [6, 6.07) is 12.0. The number of benzene rings is 2. The quantitative estimate of drug-likeness (QED) is 0.351. The van der Waals surface area contributed by atoms with E-state index in [1.165, 1.54) is 34.2 Å². The van der Waals surface area contributed by atoms with E-state index in [0.29, 0.717) is 24.0 Å².